The molecule has 0 radical (unpaired) electrons. The van der Waals surface area contributed by atoms with Crippen molar-refractivity contribution in [3.63, 3.8) is 0 Å². The first-order valence-electron chi connectivity index (χ1n) is 8.55. The predicted molar refractivity (Wildman–Crippen MR) is 108 cm³/mol. The molecule has 0 spiro atoms. The molecular weight excluding hydrogens is 376 g/mol. The molecule has 9 heteroatoms. The summed E-state index contributed by atoms with van der Waals surface area (Å²) in [4.78, 5) is 21.8. The predicted octanol–water partition coefficient (Wildman–Crippen LogP) is 2.74. The second-order valence-electron chi connectivity index (χ2n) is 6.46. The van der Waals surface area contributed by atoms with Crippen molar-refractivity contribution in [3.8, 4) is 22.0 Å². The van der Waals surface area contributed by atoms with E-state index in [1.807, 2.05) is 30.8 Å². The SMILES string of the molecule is COc1cc2ncc3c(c2cc1-c1cnn(C)c1)n(-c1nccs1)c(=O)n3C. The third-order valence-corrected chi connectivity index (χ3v) is 5.59. The number of fused-ring (bicyclic) bond motifs is 3. The molecule has 0 aliphatic carbocycles. The molecule has 140 valence electrons. The van der Waals surface area contributed by atoms with Gasteiger partial charge in [0.25, 0.3) is 0 Å². The lowest BCUT2D eigenvalue weighted by Gasteiger charge is -2.10. The van der Waals surface area contributed by atoms with Crippen molar-refractivity contribution >= 4 is 33.3 Å². The molecule has 0 amide bonds. The van der Waals surface area contributed by atoms with Crippen LogP contribution in [-0.4, -0.2) is 36.0 Å². The largest absolute Gasteiger partial charge is 0.496 e. The van der Waals surface area contributed by atoms with Crippen molar-refractivity contribution in [2.75, 3.05) is 7.11 Å². The number of hydrogen-bond acceptors (Lipinski definition) is 6. The van der Waals surface area contributed by atoms with Gasteiger partial charge in [-0.05, 0) is 6.07 Å². The Morgan fingerprint density at radius 1 is 1.14 bits per heavy atom. The first-order chi connectivity index (χ1) is 13.6. The molecule has 28 heavy (non-hydrogen) atoms. The molecule has 0 fully saturated rings. The van der Waals surface area contributed by atoms with Crippen LogP contribution in [0.2, 0.25) is 0 Å². The van der Waals surface area contributed by atoms with Gasteiger partial charge in [0.1, 0.15) is 5.75 Å². The highest BCUT2D eigenvalue weighted by molar-refractivity contribution is 7.12. The fourth-order valence-electron chi connectivity index (χ4n) is 3.48. The number of thiazole rings is 1. The Balaban J connectivity index is 1.94. The summed E-state index contributed by atoms with van der Waals surface area (Å²) in [7, 11) is 5.25. The van der Waals surface area contributed by atoms with E-state index in [0.717, 1.165) is 33.1 Å². The van der Waals surface area contributed by atoms with Crippen molar-refractivity contribution in [2.24, 2.45) is 14.1 Å². The molecule has 8 nitrogen and oxygen atoms in total. The topological polar surface area (TPSA) is 79.8 Å². The molecule has 1 aromatic carbocycles. The van der Waals surface area contributed by atoms with Crippen molar-refractivity contribution in [2.45, 2.75) is 0 Å². The average Bonchev–Trinajstić information content (AvgIpc) is 3.42. The number of methoxy groups -OCH3 is 1. The maximum absolute atomic E-state index is 12.9. The normalized spacial score (nSPS) is 11.5. The molecule has 0 aliphatic heterocycles. The van der Waals surface area contributed by atoms with Gasteiger partial charge in [-0.3, -0.25) is 14.2 Å². The van der Waals surface area contributed by atoms with Gasteiger partial charge < -0.3 is 4.74 Å². The van der Waals surface area contributed by atoms with Gasteiger partial charge in [-0.15, -0.1) is 11.3 Å². The van der Waals surface area contributed by atoms with Crippen molar-refractivity contribution < 1.29 is 4.74 Å². The number of aryl methyl sites for hydroxylation is 2. The van der Waals surface area contributed by atoms with Gasteiger partial charge in [-0.1, -0.05) is 0 Å². The Morgan fingerprint density at radius 2 is 2.00 bits per heavy atom. The summed E-state index contributed by atoms with van der Waals surface area (Å²) in [5.41, 5.74) is 3.93. The molecule has 0 saturated heterocycles. The van der Waals surface area contributed by atoms with Crippen LogP contribution in [0.5, 0.6) is 5.75 Å². The molecule has 5 rings (SSSR count). The van der Waals surface area contributed by atoms with Gasteiger partial charge in [0.2, 0.25) is 0 Å². The Morgan fingerprint density at radius 3 is 2.68 bits per heavy atom. The lowest BCUT2D eigenvalue weighted by atomic mass is 10.0. The van der Waals surface area contributed by atoms with Gasteiger partial charge in [0.05, 0.1) is 36.1 Å². The van der Waals surface area contributed by atoms with Gasteiger partial charge in [-0.2, -0.15) is 5.10 Å². The van der Waals surface area contributed by atoms with Crippen LogP contribution in [-0.2, 0) is 14.1 Å². The van der Waals surface area contributed by atoms with Crippen LogP contribution in [0.25, 0.3) is 38.2 Å². The third kappa shape index (κ3) is 2.29. The summed E-state index contributed by atoms with van der Waals surface area (Å²) < 4.78 is 10.6. The maximum Gasteiger partial charge on any atom is 0.335 e. The average molecular weight is 392 g/mol. The van der Waals surface area contributed by atoms with Crippen LogP contribution in [0.15, 0.2) is 47.1 Å². The molecule has 0 atom stereocenters. The fraction of sp³-hybridized carbons (Fsp3) is 0.158. The van der Waals surface area contributed by atoms with Crippen LogP contribution < -0.4 is 10.4 Å². The third-order valence-electron chi connectivity index (χ3n) is 4.83. The van der Waals surface area contributed by atoms with Gasteiger partial charge in [0.15, 0.2) is 5.13 Å². The summed E-state index contributed by atoms with van der Waals surface area (Å²) >= 11 is 1.42. The van der Waals surface area contributed by atoms with Crippen molar-refractivity contribution in [1.29, 1.82) is 0 Å². The highest BCUT2D eigenvalue weighted by Crippen LogP contribution is 2.36. The maximum atomic E-state index is 12.9. The van der Waals surface area contributed by atoms with Gasteiger partial charge in [-0.25, -0.2) is 14.3 Å². The number of hydrogen-bond donors (Lipinski definition) is 0. The molecular formula is C19H16N6O2S. The quantitative estimate of drug-likeness (QED) is 0.472. The Hall–Kier alpha value is -3.46. The Kier molecular flexibility index (Phi) is 3.59. The van der Waals surface area contributed by atoms with E-state index in [1.165, 1.54) is 11.3 Å². The molecule has 0 unspecified atom stereocenters. The molecule has 0 bridgehead atoms. The van der Waals surface area contributed by atoms with Crippen molar-refractivity contribution in [1.82, 2.24) is 28.9 Å². The molecule has 4 aromatic heterocycles. The number of ether oxygens (including phenoxy) is 1. The fourth-order valence-corrected chi connectivity index (χ4v) is 4.12. The second kappa shape index (κ2) is 6.03. The zero-order valence-electron chi connectivity index (χ0n) is 15.4. The molecule has 0 N–H and O–H groups in total. The van der Waals surface area contributed by atoms with Crippen LogP contribution >= 0.6 is 11.3 Å². The number of nitrogens with zero attached hydrogens (tertiary/aromatic N) is 6. The number of pyridine rings is 1. The smallest absolute Gasteiger partial charge is 0.335 e. The number of benzene rings is 1. The lowest BCUT2D eigenvalue weighted by Crippen LogP contribution is -2.20. The Bertz CT molecular complexity index is 1390. The van der Waals surface area contributed by atoms with Gasteiger partial charge in [0, 0.05) is 54.4 Å². The van der Waals surface area contributed by atoms with Gasteiger partial charge >= 0.3 is 5.69 Å². The first-order valence-corrected chi connectivity index (χ1v) is 9.43. The highest BCUT2D eigenvalue weighted by atomic mass is 32.1. The molecule has 4 heterocycles. The van der Waals surface area contributed by atoms with E-state index in [0.29, 0.717) is 10.9 Å². The van der Waals surface area contributed by atoms with E-state index in [4.69, 9.17) is 4.74 Å². The number of rotatable bonds is 3. The van der Waals surface area contributed by atoms with Crippen LogP contribution in [0.1, 0.15) is 0 Å². The summed E-state index contributed by atoms with van der Waals surface area (Å²) in [6.07, 6.45) is 7.12. The van der Waals surface area contributed by atoms with E-state index in [2.05, 4.69) is 15.1 Å². The minimum absolute atomic E-state index is 0.155. The Labute approximate surface area is 163 Å². The van der Waals surface area contributed by atoms with E-state index in [1.54, 1.807) is 46.6 Å². The van der Waals surface area contributed by atoms with Crippen LogP contribution in [0, 0.1) is 0 Å². The molecule has 0 aliphatic rings. The monoisotopic (exact) mass is 392 g/mol. The molecule has 5 aromatic rings. The number of imidazole rings is 1. The van der Waals surface area contributed by atoms with Crippen LogP contribution in [0.4, 0.5) is 0 Å². The zero-order valence-corrected chi connectivity index (χ0v) is 16.3. The minimum atomic E-state index is -0.155. The lowest BCUT2D eigenvalue weighted by molar-refractivity contribution is 0.417. The van der Waals surface area contributed by atoms with E-state index in [9.17, 15) is 4.79 Å². The minimum Gasteiger partial charge on any atom is -0.496 e. The standard InChI is InChI=1S/C19H16N6O2S/c1-23-10-11(8-22-23)12-6-13-14(7-16(12)27-3)21-9-15-17(13)25(19(26)24(15)2)18-20-4-5-28-18/h4-10H,1-3H3. The van der Waals surface area contributed by atoms with E-state index < -0.39 is 0 Å². The van der Waals surface area contributed by atoms with Crippen molar-refractivity contribution in [3.05, 3.63) is 52.8 Å². The summed E-state index contributed by atoms with van der Waals surface area (Å²) in [6.45, 7) is 0. The summed E-state index contributed by atoms with van der Waals surface area (Å²) in [5, 5.41) is 7.60. The van der Waals surface area contributed by atoms with E-state index in [-0.39, 0.29) is 5.69 Å². The first kappa shape index (κ1) is 16.7. The number of aromatic nitrogens is 6. The van der Waals surface area contributed by atoms with Crippen LogP contribution in [0.3, 0.4) is 0 Å². The summed E-state index contributed by atoms with van der Waals surface area (Å²) in [6, 6.07) is 3.89. The summed E-state index contributed by atoms with van der Waals surface area (Å²) in [5.74, 6) is 0.700. The van der Waals surface area contributed by atoms with E-state index >= 15 is 0 Å². The second-order valence-corrected chi connectivity index (χ2v) is 7.33. The molecule has 0 saturated carbocycles. The highest BCUT2D eigenvalue weighted by Gasteiger charge is 2.19. The zero-order chi connectivity index (χ0) is 19.4.